The molecule has 5 rings (SSSR count). The summed E-state index contributed by atoms with van der Waals surface area (Å²) in [6, 6.07) is 11.2. The predicted molar refractivity (Wildman–Crippen MR) is 121 cm³/mol. The summed E-state index contributed by atoms with van der Waals surface area (Å²) in [6.45, 7) is 3.62. The normalized spacial score (nSPS) is 15.2. The second-order valence-electron chi connectivity index (χ2n) is 7.29. The summed E-state index contributed by atoms with van der Waals surface area (Å²) in [5.74, 6) is 1.37. The minimum atomic E-state index is -3.46. The van der Waals surface area contributed by atoms with Crippen LogP contribution < -0.4 is 4.90 Å². The number of hydrogen-bond acceptors (Lipinski definition) is 9. The lowest BCUT2D eigenvalue weighted by Gasteiger charge is -2.34. The van der Waals surface area contributed by atoms with E-state index < -0.39 is 10.0 Å². The van der Waals surface area contributed by atoms with E-state index in [0.29, 0.717) is 60.1 Å². The number of sulfonamides is 1. The molecule has 1 aliphatic heterocycles. The Morgan fingerprint density at radius 1 is 1.00 bits per heavy atom. The molecule has 0 amide bonds. The molecule has 1 aliphatic rings. The molecule has 4 heterocycles. The predicted octanol–water partition coefficient (Wildman–Crippen LogP) is 3.07. The molecule has 1 aromatic carbocycles. The molecule has 1 saturated heterocycles. The summed E-state index contributed by atoms with van der Waals surface area (Å²) in [5.41, 5.74) is 2.03. The van der Waals surface area contributed by atoms with Crippen molar-refractivity contribution < 1.29 is 12.8 Å². The van der Waals surface area contributed by atoms with Crippen molar-refractivity contribution in [2.45, 2.75) is 11.8 Å². The molecule has 0 saturated carbocycles. The molecule has 11 heteroatoms. The van der Waals surface area contributed by atoms with Gasteiger partial charge in [-0.15, -0.1) is 10.2 Å². The maximum atomic E-state index is 12.8. The Kier molecular flexibility index (Phi) is 5.45. The molecular weight excluding hydrogens is 448 g/mol. The van der Waals surface area contributed by atoms with E-state index >= 15 is 0 Å². The van der Waals surface area contributed by atoms with Crippen LogP contribution in [0.1, 0.15) is 5.69 Å². The summed E-state index contributed by atoms with van der Waals surface area (Å²) in [4.78, 5) is 11.5. The van der Waals surface area contributed by atoms with Crippen LogP contribution >= 0.6 is 11.3 Å². The van der Waals surface area contributed by atoms with Crippen molar-refractivity contribution in [1.82, 2.24) is 24.5 Å². The van der Waals surface area contributed by atoms with E-state index in [-0.39, 0.29) is 0 Å². The Bertz CT molecular complexity index is 1310. The van der Waals surface area contributed by atoms with E-state index in [4.69, 9.17) is 9.40 Å². The lowest BCUT2D eigenvalue weighted by atomic mass is 10.2. The monoisotopic (exact) mass is 468 g/mol. The third-order valence-corrected chi connectivity index (χ3v) is 8.01. The SMILES string of the molecule is Cc1ncc(N2CCN(S(=O)(=O)c3ccsc3)CC2)nc1-c1nnc(-c2ccccc2)o1. The lowest BCUT2D eigenvalue weighted by molar-refractivity contribution is 0.384. The number of nitrogens with zero attached hydrogens (tertiary/aromatic N) is 6. The van der Waals surface area contributed by atoms with Crippen LogP contribution in [-0.2, 0) is 10.0 Å². The molecule has 4 aromatic rings. The largest absolute Gasteiger partial charge is 0.415 e. The first-order chi connectivity index (χ1) is 15.5. The van der Waals surface area contributed by atoms with Gasteiger partial charge in [-0.3, -0.25) is 4.98 Å². The molecule has 9 nitrogen and oxygen atoms in total. The first-order valence-corrected chi connectivity index (χ1v) is 12.4. The minimum Gasteiger partial charge on any atom is -0.415 e. The molecule has 1 fully saturated rings. The third kappa shape index (κ3) is 3.90. The van der Waals surface area contributed by atoms with Gasteiger partial charge in [0.25, 0.3) is 5.89 Å². The molecule has 32 heavy (non-hydrogen) atoms. The number of piperazine rings is 1. The van der Waals surface area contributed by atoms with Crippen LogP contribution in [0.5, 0.6) is 0 Å². The number of rotatable bonds is 5. The second-order valence-corrected chi connectivity index (χ2v) is 10.0. The smallest absolute Gasteiger partial charge is 0.268 e. The van der Waals surface area contributed by atoms with E-state index in [2.05, 4.69) is 15.2 Å². The van der Waals surface area contributed by atoms with Gasteiger partial charge in [-0.05, 0) is 30.5 Å². The number of aryl methyl sites for hydroxylation is 1. The molecular formula is C21H20N6O3S2. The summed E-state index contributed by atoms with van der Waals surface area (Å²) < 4.78 is 32.9. The summed E-state index contributed by atoms with van der Waals surface area (Å²) >= 11 is 1.37. The molecule has 0 unspecified atom stereocenters. The van der Waals surface area contributed by atoms with Crippen LogP contribution in [0, 0.1) is 6.92 Å². The lowest BCUT2D eigenvalue weighted by Crippen LogP contribution is -2.48. The highest BCUT2D eigenvalue weighted by Gasteiger charge is 2.29. The fourth-order valence-electron chi connectivity index (χ4n) is 3.52. The first kappa shape index (κ1) is 20.7. The zero-order valence-corrected chi connectivity index (χ0v) is 18.9. The standard InChI is InChI=1S/C21H20N6O3S2/c1-15-19(21-25-24-20(30-21)16-5-3-2-4-6-16)23-18(13-22-15)26-8-10-27(11-9-26)32(28,29)17-7-12-31-14-17/h2-7,12-14H,8-11H2,1H3. The van der Waals surface area contributed by atoms with Crippen molar-refractivity contribution in [3.05, 3.63) is 59.0 Å². The maximum absolute atomic E-state index is 12.8. The van der Waals surface area contributed by atoms with Crippen molar-refractivity contribution in [1.29, 1.82) is 0 Å². The number of hydrogen-bond donors (Lipinski definition) is 0. The van der Waals surface area contributed by atoms with Crippen LogP contribution in [0.2, 0.25) is 0 Å². The van der Waals surface area contributed by atoms with Gasteiger partial charge < -0.3 is 9.32 Å². The van der Waals surface area contributed by atoms with Crippen molar-refractivity contribution in [3.8, 4) is 23.0 Å². The van der Waals surface area contributed by atoms with Crippen LogP contribution in [0.3, 0.4) is 0 Å². The second kappa shape index (κ2) is 8.41. The number of anilines is 1. The molecule has 0 N–H and O–H groups in total. The average molecular weight is 469 g/mol. The molecule has 164 valence electrons. The third-order valence-electron chi connectivity index (χ3n) is 5.29. The fraction of sp³-hybridized carbons (Fsp3) is 0.238. The summed E-state index contributed by atoms with van der Waals surface area (Å²) in [5, 5.41) is 11.7. The Hall–Kier alpha value is -3.15. The van der Waals surface area contributed by atoms with Crippen LogP contribution in [-0.4, -0.2) is 59.1 Å². The van der Waals surface area contributed by atoms with E-state index in [1.54, 1.807) is 23.0 Å². The molecule has 0 spiro atoms. The van der Waals surface area contributed by atoms with Gasteiger partial charge >= 0.3 is 0 Å². The quantitative estimate of drug-likeness (QED) is 0.440. The van der Waals surface area contributed by atoms with E-state index in [0.717, 1.165) is 5.56 Å². The van der Waals surface area contributed by atoms with Crippen molar-refractivity contribution in [3.63, 3.8) is 0 Å². The Morgan fingerprint density at radius 3 is 2.47 bits per heavy atom. The highest BCUT2D eigenvalue weighted by Crippen LogP contribution is 2.27. The number of thiophene rings is 1. The van der Waals surface area contributed by atoms with Gasteiger partial charge in [0.2, 0.25) is 15.9 Å². The maximum Gasteiger partial charge on any atom is 0.268 e. The summed E-state index contributed by atoms with van der Waals surface area (Å²) in [6.07, 6.45) is 1.69. The zero-order chi connectivity index (χ0) is 22.1. The topological polar surface area (TPSA) is 105 Å². The van der Waals surface area contributed by atoms with Crippen molar-refractivity contribution in [2.75, 3.05) is 31.1 Å². The molecule has 0 aliphatic carbocycles. The Morgan fingerprint density at radius 2 is 1.75 bits per heavy atom. The highest BCUT2D eigenvalue weighted by molar-refractivity contribution is 7.89. The van der Waals surface area contributed by atoms with Crippen LogP contribution in [0.4, 0.5) is 5.82 Å². The Labute approximate surface area is 189 Å². The van der Waals surface area contributed by atoms with Gasteiger partial charge in [0, 0.05) is 37.1 Å². The van der Waals surface area contributed by atoms with Crippen molar-refractivity contribution in [2.24, 2.45) is 0 Å². The Balaban J connectivity index is 1.35. The molecule has 3 aromatic heterocycles. The molecule has 0 radical (unpaired) electrons. The van der Waals surface area contributed by atoms with E-state index in [1.165, 1.54) is 15.6 Å². The minimum absolute atomic E-state index is 0.300. The number of benzene rings is 1. The fourth-order valence-corrected chi connectivity index (χ4v) is 5.95. The summed E-state index contributed by atoms with van der Waals surface area (Å²) in [7, 11) is -3.46. The van der Waals surface area contributed by atoms with E-state index in [1.807, 2.05) is 42.2 Å². The van der Waals surface area contributed by atoms with Crippen LogP contribution in [0.15, 0.2) is 62.7 Å². The van der Waals surface area contributed by atoms with E-state index in [9.17, 15) is 8.42 Å². The van der Waals surface area contributed by atoms with Gasteiger partial charge in [0.1, 0.15) is 5.82 Å². The average Bonchev–Trinajstić information content (AvgIpc) is 3.53. The molecule has 0 atom stereocenters. The number of aromatic nitrogens is 4. The van der Waals surface area contributed by atoms with Crippen molar-refractivity contribution >= 4 is 27.2 Å². The first-order valence-electron chi connectivity index (χ1n) is 10.0. The van der Waals surface area contributed by atoms with Gasteiger partial charge in [-0.1, -0.05) is 18.2 Å². The van der Waals surface area contributed by atoms with Gasteiger partial charge in [0.15, 0.2) is 5.69 Å². The van der Waals surface area contributed by atoms with Gasteiger partial charge in [0.05, 0.1) is 16.8 Å². The van der Waals surface area contributed by atoms with Gasteiger partial charge in [-0.25, -0.2) is 13.4 Å². The van der Waals surface area contributed by atoms with Crippen LogP contribution in [0.25, 0.3) is 23.0 Å². The van der Waals surface area contributed by atoms with Gasteiger partial charge in [-0.2, -0.15) is 15.6 Å². The molecule has 0 bridgehead atoms. The zero-order valence-electron chi connectivity index (χ0n) is 17.2. The highest BCUT2D eigenvalue weighted by atomic mass is 32.2.